The molecular weight excluding hydrogens is 280 g/mol. The molecule has 0 aromatic rings. The van der Waals surface area contributed by atoms with Crippen LogP contribution in [0.15, 0.2) is 11.6 Å². The molecule has 1 saturated carbocycles. The van der Waals surface area contributed by atoms with Crippen LogP contribution in [0.1, 0.15) is 20.3 Å². The molecule has 0 spiro atoms. The fourth-order valence-electron chi connectivity index (χ4n) is 3.83. The van der Waals surface area contributed by atoms with Gasteiger partial charge in [-0.3, -0.25) is 9.59 Å². The molecule has 0 aromatic heterocycles. The largest absolute Gasteiger partial charge is 0.481 e. The maximum atomic E-state index is 12.2. The van der Waals surface area contributed by atoms with Gasteiger partial charge in [0.1, 0.15) is 23.7 Å². The second kappa shape index (κ2) is 3.85. The molecule has 21 heavy (non-hydrogen) atoms. The molecule has 1 N–H and O–H groups in total. The molecule has 1 aliphatic carbocycles. The Hall–Kier alpha value is -1.89. The summed E-state index contributed by atoms with van der Waals surface area (Å²) >= 11 is 0. The number of rotatable bonds is 3. The zero-order valence-electron chi connectivity index (χ0n) is 12.0. The molecular formula is C14H16O7. The quantitative estimate of drug-likeness (QED) is 0.453. The lowest BCUT2D eigenvalue weighted by Gasteiger charge is -2.33. The first-order chi connectivity index (χ1) is 9.72. The third kappa shape index (κ3) is 1.44. The third-order valence-electron chi connectivity index (χ3n) is 5.21. The second-order valence-corrected chi connectivity index (χ2v) is 6.15. The summed E-state index contributed by atoms with van der Waals surface area (Å²) in [5.74, 6) is -2.07. The predicted octanol–water partition coefficient (Wildman–Crippen LogP) is 0.281. The zero-order valence-corrected chi connectivity index (χ0v) is 12.0. The SMILES string of the molecule is COC(=O)/C=C1/[C@]2(C)COC(=O)[C@]2(C)[C@@H]2O[C@]12CC(=O)O. The van der Waals surface area contributed by atoms with E-state index in [9.17, 15) is 14.4 Å². The number of esters is 2. The number of methoxy groups -OCH3 is 1. The minimum Gasteiger partial charge on any atom is -0.481 e. The van der Waals surface area contributed by atoms with Crippen molar-refractivity contribution in [3.63, 3.8) is 0 Å². The van der Waals surface area contributed by atoms with Crippen LogP contribution < -0.4 is 0 Å². The predicted molar refractivity (Wildman–Crippen MR) is 67.1 cm³/mol. The molecule has 2 saturated heterocycles. The molecule has 0 aromatic carbocycles. The van der Waals surface area contributed by atoms with E-state index in [1.165, 1.54) is 13.2 Å². The summed E-state index contributed by atoms with van der Waals surface area (Å²) in [7, 11) is 1.24. The van der Waals surface area contributed by atoms with E-state index >= 15 is 0 Å². The highest BCUT2D eigenvalue weighted by Gasteiger charge is 2.85. The molecule has 7 nitrogen and oxygen atoms in total. The van der Waals surface area contributed by atoms with Gasteiger partial charge in [-0.25, -0.2) is 4.79 Å². The second-order valence-electron chi connectivity index (χ2n) is 6.15. The van der Waals surface area contributed by atoms with Crippen molar-refractivity contribution in [2.75, 3.05) is 13.7 Å². The average Bonchev–Trinajstić information content (AvgIpc) is 3.04. The molecule has 3 fully saturated rings. The van der Waals surface area contributed by atoms with Crippen LogP contribution in [0.3, 0.4) is 0 Å². The molecule has 114 valence electrons. The molecule has 2 aliphatic heterocycles. The van der Waals surface area contributed by atoms with E-state index in [0.29, 0.717) is 5.57 Å². The highest BCUT2D eigenvalue weighted by molar-refractivity contribution is 5.90. The highest BCUT2D eigenvalue weighted by atomic mass is 16.6. The van der Waals surface area contributed by atoms with Crippen LogP contribution in [0.2, 0.25) is 0 Å². The van der Waals surface area contributed by atoms with Gasteiger partial charge < -0.3 is 19.3 Å². The molecule has 2 heterocycles. The van der Waals surface area contributed by atoms with Crippen molar-refractivity contribution in [3.8, 4) is 0 Å². The van der Waals surface area contributed by atoms with Crippen LogP contribution >= 0.6 is 0 Å². The van der Waals surface area contributed by atoms with Gasteiger partial charge in [-0.05, 0) is 12.5 Å². The molecule has 0 amide bonds. The third-order valence-corrected chi connectivity index (χ3v) is 5.21. The number of carbonyl (C=O) groups excluding carboxylic acids is 2. The van der Waals surface area contributed by atoms with Gasteiger partial charge in [-0.1, -0.05) is 6.92 Å². The van der Waals surface area contributed by atoms with Crippen molar-refractivity contribution in [1.82, 2.24) is 0 Å². The van der Waals surface area contributed by atoms with Crippen molar-refractivity contribution in [2.45, 2.75) is 32.0 Å². The monoisotopic (exact) mass is 296 g/mol. The molecule has 0 bridgehead atoms. The van der Waals surface area contributed by atoms with Crippen LogP contribution in [-0.2, 0) is 28.6 Å². The number of carboxylic acid groups (broad SMARTS) is 1. The van der Waals surface area contributed by atoms with Crippen LogP contribution in [0.4, 0.5) is 0 Å². The summed E-state index contributed by atoms with van der Waals surface area (Å²) in [6.07, 6.45) is 0.367. The Morgan fingerprint density at radius 2 is 2.14 bits per heavy atom. The number of carboxylic acids is 1. The van der Waals surface area contributed by atoms with Crippen molar-refractivity contribution >= 4 is 17.9 Å². The Bertz CT molecular complexity index is 594. The standard InChI is InChI=1S/C14H16O7/c1-12-6-20-11(18)13(12,2)10-14(21-10,5-8(15)16)7(12)4-9(17)19-3/h4,10H,5-6H2,1-3H3,(H,15,16)/b7-4-/t10-,12-,13-,14+/m0/s1. The van der Waals surface area contributed by atoms with Gasteiger partial charge in [-0.2, -0.15) is 0 Å². The number of hydrogen-bond acceptors (Lipinski definition) is 6. The first-order valence-electron chi connectivity index (χ1n) is 6.60. The Labute approximate surface area is 120 Å². The van der Waals surface area contributed by atoms with Crippen molar-refractivity contribution in [2.24, 2.45) is 10.8 Å². The van der Waals surface area contributed by atoms with E-state index in [4.69, 9.17) is 14.6 Å². The van der Waals surface area contributed by atoms with E-state index in [-0.39, 0.29) is 13.0 Å². The molecule has 0 radical (unpaired) electrons. The van der Waals surface area contributed by atoms with Crippen molar-refractivity contribution in [3.05, 3.63) is 11.6 Å². The summed E-state index contributed by atoms with van der Waals surface area (Å²) in [5, 5.41) is 9.13. The van der Waals surface area contributed by atoms with Gasteiger partial charge in [0.15, 0.2) is 0 Å². The number of hydrogen-bond donors (Lipinski definition) is 1. The maximum absolute atomic E-state index is 12.2. The molecule has 3 aliphatic rings. The lowest BCUT2D eigenvalue weighted by molar-refractivity contribution is -0.147. The normalized spacial score (nSPS) is 45.0. The Kier molecular flexibility index (Phi) is 2.58. The molecule has 3 rings (SSSR count). The number of cyclic esters (lactones) is 1. The number of carbonyl (C=O) groups is 3. The topological polar surface area (TPSA) is 102 Å². The number of epoxide rings is 1. The fraction of sp³-hybridized carbons (Fsp3) is 0.643. The first kappa shape index (κ1) is 14.1. The lowest BCUT2D eigenvalue weighted by Crippen LogP contribution is -2.40. The zero-order chi connectivity index (χ0) is 15.6. The van der Waals surface area contributed by atoms with E-state index in [1.807, 2.05) is 0 Å². The van der Waals surface area contributed by atoms with Crippen LogP contribution in [0.25, 0.3) is 0 Å². The summed E-state index contributed by atoms with van der Waals surface area (Å²) < 4.78 is 15.4. The van der Waals surface area contributed by atoms with Crippen LogP contribution in [0, 0.1) is 10.8 Å². The highest BCUT2D eigenvalue weighted by Crippen LogP contribution is 2.74. The van der Waals surface area contributed by atoms with Gasteiger partial charge in [-0.15, -0.1) is 0 Å². The van der Waals surface area contributed by atoms with Crippen LogP contribution in [-0.4, -0.2) is 48.4 Å². The smallest absolute Gasteiger partial charge is 0.330 e. The van der Waals surface area contributed by atoms with Gasteiger partial charge in [0.2, 0.25) is 0 Å². The molecule has 4 atom stereocenters. The van der Waals surface area contributed by atoms with E-state index < -0.39 is 40.4 Å². The number of fused-ring (bicyclic) bond motifs is 3. The van der Waals surface area contributed by atoms with Gasteiger partial charge in [0, 0.05) is 11.5 Å². The lowest BCUT2D eigenvalue weighted by atomic mass is 9.67. The Morgan fingerprint density at radius 3 is 2.71 bits per heavy atom. The molecule has 7 heteroatoms. The van der Waals surface area contributed by atoms with Crippen molar-refractivity contribution < 1.29 is 33.7 Å². The summed E-state index contributed by atoms with van der Waals surface area (Å²) in [6.45, 7) is 3.60. The summed E-state index contributed by atoms with van der Waals surface area (Å²) in [5.41, 5.74) is -2.38. The average molecular weight is 296 g/mol. The van der Waals surface area contributed by atoms with E-state index in [1.54, 1.807) is 13.8 Å². The minimum absolute atomic E-state index is 0.104. The Balaban J connectivity index is 2.14. The van der Waals surface area contributed by atoms with Crippen LogP contribution in [0.5, 0.6) is 0 Å². The maximum Gasteiger partial charge on any atom is 0.330 e. The van der Waals surface area contributed by atoms with E-state index in [0.717, 1.165) is 0 Å². The minimum atomic E-state index is -1.11. The first-order valence-corrected chi connectivity index (χ1v) is 6.60. The van der Waals surface area contributed by atoms with Gasteiger partial charge >= 0.3 is 17.9 Å². The van der Waals surface area contributed by atoms with E-state index in [2.05, 4.69) is 4.74 Å². The number of ether oxygens (including phenoxy) is 3. The van der Waals surface area contributed by atoms with Gasteiger partial charge in [0.25, 0.3) is 0 Å². The summed E-state index contributed by atoms with van der Waals surface area (Å²) in [6, 6.07) is 0. The van der Waals surface area contributed by atoms with Crippen molar-refractivity contribution in [1.29, 1.82) is 0 Å². The summed E-state index contributed by atoms with van der Waals surface area (Å²) in [4.78, 5) is 35.0. The van der Waals surface area contributed by atoms with Gasteiger partial charge in [0.05, 0.1) is 13.5 Å². The number of aliphatic carboxylic acids is 1. The fourth-order valence-corrected chi connectivity index (χ4v) is 3.83. The molecule has 0 unspecified atom stereocenters. The Morgan fingerprint density at radius 1 is 1.48 bits per heavy atom.